The van der Waals surface area contributed by atoms with E-state index in [-0.39, 0.29) is 4.90 Å². The van der Waals surface area contributed by atoms with Gasteiger partial charge in [0.15, 0.2) is 5.82 Å². The number of nitrogens with zero attached hydrogens (tertiary/aromatic N) is 3. The molecule has 0 unspecified atom stereocenters. The van der Waals surface area contributed by atoms with Crippen LogP contribution in [0.15, 0.2) is 29.3 Å². The fraction of sp³-hybridized carbons (Fsp3) is 0.333. The van der Waals surface area contributed by atoms with Crippen molar-refractivity contribution in [3.8, 4) is 0 Å². The van der Waals surface area contributed by atoms with Gasteiger partial charge in [-0.1, -0.05) is 12.1 Å². The molecule has 0 aliphatic carbocycles. The number of aromatic nitrogens is 3. The van der Waals surface area contributed by atoms with Crippen molar-refractivity contribution in [3.63, 3.8) is 0 Å². The quantitative estimate of drug-likeness (QED) is 0.763. The first-order valence-electron chi connectivity index (χ1n) is 8.38. The zero-order chi connectivity index (χ0) is 18.5. The van der Waals surface area contributed by atoms with E-state index >= 15 is 0 Å². The van der Waals surface area contributed by atoms with E-state index in [1.807, 2.05) is 26.1 Å². The molecule has 0 atom stereocenters. The van der Waals surface area contributed by atoms with Crippen molar-refractivity contribution in [2.24, 2.45) is 7.05 Å². The average molecular weight is 372 g/mol. The lowest BCUT2D eigenvalue weighted by atomic mass is 10.1. The number of hydrogen-bond donors (Lipinski definition) is 1. The van der Waals surface area contributed by atoms with Gasteiger partial charge in [-0.05, 0) is 31.0 Å². The van der Waals surface area contributed by atoms with Crippen molar-refractivity contribution in [3.05, 3.63) is 46.8 Å². The van der Waals surface area contributed by atoms with Gasteiger partial charge >= 0.3 is 0 Å². The Morgan fingerprint density at radius 1 is 1.27 bits per heavy atom. The Labute approximate surface area is 152 Å². The number of hydrogen-bond acceptors (Lipinski definition) is 5. The minimum atomic E-state index is -3.85. The van der Waals surface area contributed by atoms with Crippen LogP contribution in [0.3, 0.4) is 0 Å². The zero-order valence-electron chi connectivity index (χ0n) is 14.9. The van der Waals surface area contributed by atoms with Crippen molar-refractivity contribution >= 4 is 26.7 Å². The molecule has 1 aliphatic rings. The minimum Gasteiger partial charge on any atom is -0.376 e. The van der Waals surface area contributed by atoms with Gasteiger partial charge in [-0.15, -0.1) is 0 Å². The number of rotatable bonds is 3. The topological polar surface area (TPSA) is 86.1 Å². The van der Waals surface area contributed by atoms with Crippen LogP contribution in [0.1, 0.15) is 22.4 Å². The molecule has 1 aliphatic heterocycles. The fourth-order valence-corrected chi connectivity index (χ4v) is 4.99. The van der Waals surface area contributed by atoms with E-state index in [1.165, 1.54) is 0 Å². The molecule has 1 aromatic carbocycles. The first kappa shape index (κ1) is 17.0. The number of sulfonamides is 1. The zero-order valence-corrected chi connectivity index (χ0v) is 15.7. The van der Waals surface area contributed by atoms with Gasteiger partial charge in [0.2, 0.25) is 0 Å². The second-order valence-corrected chi connectivity index (χ2v) is 8.16. The van der Waals surface area contributed by atoms with E-state index in [0.717, 1.165) is 22.2 Å². The second kappa shape index (κ2) is 6.07. The van der Waals surface area contributed by atoms with E-state index in [4.69, 9.17) is 4.74 Å². The molecule has 0 amide bonds. The third-order valence-electron chi connectivity index (χ3n) is 4.74. The van der Waals surface area contributed by atoms with Gasteiger partial charge in [0.05, 0.1) is 18.7 Å². The highest BCUT2D eigenvalue weighted by atomic mass is 32.2. The molecule has 8 heteroatoms. The van der Waals surface area contributed by atoms with Gasteiger partial charge in [0.25, 0.3) is 10.0 Å². The van der Waals surface area contributed by atoms with Crippen molar-refractivity contribution in [2.45, 2.75) is 31.8 Å². The summed E-state index contributed by atoms with van der Waals surface area (Å²) in [6.07, 6.45) is 2.32. The van der Waals surface area contributed by atoms with Crippen LogP contribution in [-0.4, -0.2) is 29.8 Å². The van der Waals surface area contributed by atoms with Gasteiger partial charge in [0.1, 0.15) is 4.90 Å². The van der Waals surface area contributed by atoms with Gasteiger partial charge in [-0.25, -0.2) is 8.42 Å². The van der Waals surface area contributed by atoms with Gasteiger partial charge in [0, 0.05) is 36.3 Å². The summed E-state index contributed by atoms with van der Waals surface area (Å²) in [5.41, 5.74) is 3.91. The molecule has 7 nitrogen and oxygen atoms in total. The highest BCUT2D eigenvalue weighted by molar-refractivity contribution is 7.93. The number of ether oxygens (including phenoxy) is 1. The monoisotopic (exact) mass is 372 g/mol. The summed E-state index contributed by atoms with van der Waals surface area (Å²) < 4.78 is 36.3. The molecule has 26 heavy (non-hydrogen) atoms. The van der Waals surface area contributed by atoms with Crippen LogP contribution in [0, 0.1) is 13.8 Å². The highest BCUT2D eigenvalue weighted by Gasteiger charge is 2.27. The summed E-state index contributed by atoms with van der Waals surface area (Å²) in [5, 5.41) is 5.18. The number of anilines is 1. The molecule has 0 radical (unpaired) electrons. The van der Waals surface area contributed by atoms with E-state index < -0.39 is 10.0 Å². The third-order valence-corrected chi connectivity index (χ3v) is 6.26. The molecule has 3 aromatic rings. The van der Waals surface area contributed by atoms with Crippen molar-refractivity contribution in [1.29, 1.82) is 0 Å². The molecule has 0 saturated carbocycles. The molecule has 136 valence electrons. The maximum Gasteiger partial charge on any atom is 0.265 e. The third kappa shape index (κ3) is 2.65. The van der Waals surface area contributed by atoms with Crippen molar-refractivity contribution in [1.82, 2.24) is 14.8 Å². The van der Waals surface area contributed by atoms with Crippen LogP contribution in [0.2, 0.25) is 0 Å². The molecule has 0 bridgehead atoms. The molecule has 0 fully saturated rings. The summed E-state index contributed by atoms with van der Waals surface area (Å²) in [6, 6.07) is 5.56. The number of pyridine rings is 1. The van der Waals surface area contributed by atoms with Crippen LogP contribution < -0.4 is 4.72 Å². The van der Waals surface area contributed by atoms with E-state index in [9.17, 15) is 8.42 Å². The van der Waals surface area contributed by atoms with Crippen LogP contribution in [0.5, 0.6) is 0 Å². The van der Waals surface area contributed by atoms with Crippen molar-refractivity contribution < 1.29 is 13.2 Å². The van der Waals surface area contributed by atoms with Crippen LogP contribution in [-0.2, 0) is 34.8 Å². The van der Waals surface area contributed by atoms with Crippen LogP contribution >= 0.6 is 0 Å². The summed E-state index contributed by atoms with van der Waals surface area (Å²) in [6.45, 7) is 4.71. The number of nitrogens with one attached hydrogen (secondary N) is 1. The van der Waals surface area contributed by atoms with Gasteiger partial charge in [-0.3, -0.25) is 14.4 Å². The van der Waals surface area contributed by atoms with E-state index in [1.54, 1.807) is 23.9 Å². The number of aryl methyl sites for hydroxylation is 3. The Kier molecular flexibility index (Phi) is 3.96. The summed E-state index contributed by atoms with van der Waals surface area (Å²) >= 11 is 0. The summed E-state index contributed by atoms with van der Waals surface area (Å²) in [5.74, 6) is 0.325. The smallest absolute Gasteiger partial charge is 0.265 e. The Balaban J connectivity index is 1.85. The largest absolute Gasteiger partial charge is 0.376 e. The molecule has 0 spiro atoms. The predicted molar refractivity (Wildman–Crippen MR) is 98.6 cm³/mol. The normalized spacial score (nSPS) is 14.4. The highest BCUT2D eigenvalue weighted by Crippen LogP contribution is 2.31. The summed E-state index contributed by atoms with van der Waals surface area (Å²) in [4.78, 5) is 4.52. The fourth-order valence-electron chi connectivity index (χ4n) is 3.57. The molecule has 4 rings (SSSR count). The Morgan fingerprint density at radius 3 is 2.88 bits per heavy atom. The van der Waals surface area contributed by atoms with E-state index in [0.29, 0.717) is 36.5 Å². The molecular formula is C18H20N4O3S. The predicted octanol–water partition coefficient (Wildman–Crippen LogP) is 2.46. The Bertz CT molecular complexity index is 1120. The summed E-state index contributed by atoms with van der Waals surface area (Å²) in [7, 11) is -2.04. The standard InChI is InChI=1S/C18H20N4O3S/c1-11-9-12(2)17(16-13(11)5-4-7-19-16)26(23,24)21-18-14-10-25-8-6-15(14)22(3)20-18/h4-5,7,9H,6,8,10H2,1-3H3,(H,20,21). The molecule has 0 saturated heterocycles. The minimum absolute atomic E-state index is 0.190. The second-order valence-electron chi connectivity index (χ2n) is 6.54. The van der Waals surface area contributed by atoms with Gasteiger partial charge < -0.3 is 4.74 Å². The van der Waals surface area contributed by atoms with Crippen molar-refractivity contribution in [2.75, 3.05) is 11.3 Å². The number of benzene rings is 1. The number of fused-ring (bicyclic) bond motifs is 2. The van der Waals surface area contributed by atoms with E-state index in [2.05, 4.69) is 14.8 Å². The molecule has 1 N–H and O–H groups in total. The van der Waals surface area contributed by atoms with Gasteiger partial charge in [-0.2, -0.15) is 5.10 Å². The Morgan fingerprint density at radius 2 is 2.08 bits per heavy atom. The maximum absolute atomic E-state index is 13.2. The maximum atomic E-state index is 13.2. The molecule has 3 heterocycles. The first-order valence-corrected chi connectivity index (χ1v) is 9.87. The van der Waals surface area contributed by atoms with Crippen LogP contribution in [0.25, 0.3) is 10.9 Å². The lowest BCUT2D eigenvalue weighted by Gasteiger charge is -2.15. The van der Waals surface area contributed by atoms with Crippen LogP contribution in [0.4, 0.5) is 5.82 Å². The molecular weight excluding hydrogens is 352 g/mol. The average Bonchev–Trinajstić information content (AvgIpc) is 2.90. The lowest BCUT2D eigenvalue weighted by Crippen LogP contribution is -2.18. The molecule has 2 aromatic heterocycles. The first-order chi connectivity index (χ1) is 12.4. The lowest BCUT2D eigenvalue weighted by molar-refractivity contribution is 0.109. The Hall–Kier alpha value is -2.45. The SMILES string of the molecule is Cc1cc(C)c2cccnc2c1S(=O)(=O)Nc1nn(C)c2c1COCC2.